The highest BCUT2D eigenvalue weighted by Crippen LogP contribution is 2.24. The van der Waals surface area contributed by atoms with Crippen LogP contribution in [0.5, 0.6) is 0 Å². The SMILES string of the molecule is CC(C)(C)CC(Cl)CNc1nc[nH]c(=O)c1Cl. The van der Waals surface area contributed by atoms with E-state index in [1.54, 1.807) is 0 Å². The lowest BCUT2D eigenvalue weighted by molar-refractivity contribution is 0.373. The maximum Gasteiger partial charge on any atom is 0.271 e. The first kappa shape index (κ1) is 14.3. The Morgan fingerprint density at radius 3 is 2.76 bits per heavy atom. The largest absolute Gasteiger partial charge is 0.367 e. The Morgan fingerprint density at radius 2 is 2.18 bits per heavy atom. The Hall–Kier alpha value is -0.740. The van der Waals surface area contributed by atoms with Crippen molar-refractivity contribution in [2.24, 2.45) is 5.41 Å². The van der Waals surface area contributed by atoms with Crippen molar-refractivity contribution in [1.82, 2.24) is 9.97 Å². The molecule has 0 saturated carbocycles. The van der Waals surface area contributed by atoms with Crippen molar-refractivity contribution < 1.29 is 0 Å². The summed E-state index contributed by atoms with van der Waals surface area (Å²) in [5, 5.41) is 3.01. The normalized spacial score (nSPS) is 13.5. The fourth-order valence-electron chi connectivity index (χ4n) is 1.45. The highest BCUT2D eigenvalue weighted by atomic mass is 35.5. The van der Waals surface area contributed by atoms with Crippen LogP contribution in [0.3, 0.4) is 0 Å². The van der Waals surface area contributed by atoms with Gasteiger partial charge in [-0.3, -0.25) is 4.79 Å². The third kappa shape index (κ3) is 4.96. The zero-order valence-corrected chi connectivity index (χ0v) is 11.7. The Balaban J connectivity index is 2.56. The van der Waals surface area contributed by atoms with Crippen LogP contribution in [-0.4, -0.2) is 21.9 Å². The van der Waals surface area contributed by atoms with Gasteiger partial charge in [-0.15, -0.1) is 11.6 Å². The van der Waals surface area contributed by atoms with Crippen molar-refractivity contribution >= 4 is 29.0 Å². The van der Waals surface area contributed by atoms with Gasteiger partial charge in [-0.2, -0.15) is 0 Å². The number of nitrogens with zero attached hydrogens (tertiary/aromatic N) is 1. The van der Waals surface area contributed by atoms with Crippen LogP contribution in [0.25, 0.3) is 0 Å². The number of rotatable bonds is 4. The summed E-state index contributed by atoms with van der Waals surface area (Å²) < 4.78 is 0. The van der Waals surface area contributed by atoms with Crippen LogP contribution in [0.2, 0.25) is 5.02 Å². The monoisotopic (exact) mass is 277 g/mol. The van der Waals surface area contributed by atoms with E-state index in [9.17, 15) is 4.79 Å². The molecule has 0 radical (unpaired) electrons. The molecule has 1 aromatic heterocycles. The predicted octanol–water partition coefficient (Wildman–Crippen LogP) is 2.88. The van der Waals surface area contributed by atoms with E-state index in [-0.39, 0.29) is 21.4 Å². The molecule has 96 valence electrons. The first-order valence-electron chi connectivity index (χ1n) is 5.41. The number of anilines is 1. The molecule has 6 heteroatoms. The molecule has 4 nitrogen and oxygen atoms in total. The molecule has 0 aromatic carbocycles. The van der Waals surface area contributed by atoms with Crippen LogP contribution in [0.1, 0.15) is 27.2 Å². The molecule has 0 aliphatic rings. The molecule has 0 fully saturated rings. The highest BCUT2D eigenvalue weighted by molar-refractivity contribution is 6.32. The topological polar surface area (TPSA) is 57.8 Å². The van der Waals surface area contributed by atoms with Gasteiger partial charge in [-0.25, -0.2) is 4.98 Å². The molecule has 1 rings (SSSR count). The Labute approximate surface area is 111 Å². The first-order chi connectivity index (χ1) is 7.79. The molecule has 0 aliphatic heterocycles. The maximum absolute atomic E-state index is 11.2. The molecule has 0 bridgehead atoms. The zero-order valence-electron chi connectivity index (χ0n) is 10.2. The number of alkyl halides is 1. The minimum absolute atomic E-state index is 0.0350. The van der Waals surface area contributed by atoms with E-state index < -0.39 is 0 Å². The molecule has 2 N–H and O–H groups in total. The molecule has 1 atom stereocenters. The summed E-state index contributed by atoms with van der Waals surface area (Å²) in [4.78, 5) is 17.6. The lowest BCUT2D eigenvalue weighted by atomic mass is 9.90. The second kappa shape index (κ2) is 5.74. The van der Waals surface area contributed by atoms with E-state index in [0.717, 1.165) is 6.42 Å². The third-order valence-corrected chi connectivity index (χ3v) is 2.78. The average Bonchev–Trinajstić information content (AvgIpc) is 2.18. The van der Waals surface area contributed by atoms with Crippen molar-refractivity contribution in [1.29, 1.82) is 0 Å². The van der Waals surface area contributed by atoms with Gasteiger partial charge in [0, 0.05) is 6.54 Å². The molecular weight excluding hydrogens is 261 g/mol. The standard InChI is InChI=1S/C11H17Cl2N3O/c1-11(2,3)4-7(12)5-14-9-8(13)10(17)16-6-15-9/h6-7H,4-5H2,1-3H3,(H2,14,15,16,17). The van der Waals surface area contributed by atoms with Gasteiger partial charge in [0.05, 0.1) is 11.7 Å². The van der Waals surface area contributed by atoms with Gasteiger partial charge in [0.1, 0.15) is 5.02 Å². The number of aromatic amines is 1. The molecule has 0 spiro atoms. The lowest BCUT2D eigenvalue weighted by Gasteiger charge is -2.22. The van der Waals surface area contributed by atoms with E-state index in [2.05, 4.69) is 36.1 Å². The van der Waals surface area contributed by atoms with Crippen LogP contribution < -0.4 is 10.9 Å². The summed E-state index contributed by atoms with van der Waals surface area (Å²) in [6, 6.07) is 0. The molecule has 1 unspecified atom stereocenters. The van der Waals surface area contributed by atoms with Crippen LogP contribution in [-0.2, 0) is 0 Å². The summed E-state index contributed by atoms with van der Waals surface area (Å²) in [5.41, 5.74) is -0.189. The van der Waals surface area contributed by atoms with Crippen LogP contribution >= 0.6 is 23.2 Å². The number of H-pyrrole nitrogens is 1. The molecule has 17 heavy (non-hydrogen) atoms. The Morgan fingerprint density at radius 1 is 1.53 bits per heavy atom. The molecule has 0 aliphatic carbocycles. The van der Waals surface area contributed by atoms with Gasteiger partial charge in [0.15, 0.2) is 5.82 Å². The number of halogens is 2. The number of hydrogen-bond donors (Lipinski definition) is 2. The van der Waals surface area contributed by atoms with E-state index in [0.29, 0.717) is 12.4 Å². The fourth-order valence-corrected chi connectivity index (χ4v) is 2.16. The fraction of sp³-hybridized carbons (Fsp3) is 0.636. The smallest absolute Gasteiger partial charge is 0.271 e. The summed E-state index contributed by atoms with van der Waals surface area (Å²) in [6.45, 7) is 6.90. The second-order valence-corrected chi connectivity index (χ2v) is 6.13. The average molecular weight is 278 g/mol. The summed E-state index contributed by atoms with van der Waals surface area (Å²) in [6.07, 6.45) is 2.17. The van der Waals surface area contributed by atoms with Gasteiger partial charge in [-0.1, -0.05) is 32.4 Å². The quantitative estimate of drug-likeness (QED) is 0.832. The van der Waals surface area contributed by atoms with E-state index in [1.165, 1.54) is 6.33 Å². The summed E-state index contributed by atoms with van der Waals surface area (Å²) in [5.74, 6) is 0.370. The molecule has 0 saturated heterocycles. The summed E-state index contributed by atoms with van der Waals surface area (Å²) in [7, 11) is 0. The zero-order chi connectivity index (χ0) is 13.1. The van der Waals surface area contributed by atoms with Gasteiger partial charge in [0.25, 0.3) is 5.56 Å². The third-order valence-electron chi connectivity index (χ3n) is 2.12. The lowest BCUT2D eigenvalue weighted by Crippen LogP contribution is -2.22. The minimum Gasteiger partial charge on any atom is -0.367 e. The van der Waals surface area contributed by atoms with Crippen LogP contribution in [0, 0.1) is 5.41 Å². The number of hydrogen-bond acceptors (Lipinski definition) is 3. The Bertz CT molecular complexity index is 425. The second-order valence-electron chi connectivity index (χ2n) is 5.14. The highest BCUT2D eigenvalue weighted by Gasteiger charge is 2.17. The molecule has 0 amide bonds. The maximum atomic E-state index is 11.2. The summed E-state index contributed by atoms with van der Waals surface area (Å²) >= 11 is 12.0. The van der Waals surface area contributed by atoms with Crippen LogP contribution in [0.15, 0.2) is 11.1 Å². The number of aromatic nitrogens is 2. The molecular formula is C11H17Cl2N3O. The van der Waals surface area contributed by atoms with Gasteiger partial charge >= 0.3 is 0 Å². The van der Waals surface area contributed by atoms with Gasteiger partial charge in [0.2, 0.25) is 0 Å². The van der Waals surface area contributed by atoms with E-state index >= 15 is 0 Å². The van der Waals surface area contributed by atoms with Crippen molar-refractivity contribution in [3.63, 3.8) is 0 Å². The Kier molecular flexibility index (Phi) is 4.83. The first-order valence-corrected chi connectivity index (χ1v) is 6.22. The van der Waals surface area contributed by atoms with Gasteiger partial charge in [-0.05, 0) is 11.8 Å². The molecule has 1 heterocycles. The van der Waals surface area contributed by atoms with E-state index in [4.69, 9.17) is 23.2 Å². The van der Waals surface area contributed by atoms with Gasteiger partial charge < -0.3 is 10.3 Å². The van der Waals surface area contributed by atoms with Crippen LogP contribution in [0.4, 0.5) is 5.82 Å². The number of nitrogens with one attached hydrogen (secondary N) is 2. The van der Waals surface area contributed by atoms with E-state index in [1.807, 2.05) is 0 Å². The minimum atomic E-state index is -0.355. The van der Waals surface area contributed by atoms with Crippen molar-refractivity contribution in [2.75, 3.05) is 11.9 Å². The van der Waals surface area contributed by atoms with Crippen molar-refractivity contribution in [2.45, 2.75) is 32.6 Å². The van der Waals surface area contributed by atoms with Crippen molar-refractivity contribution in [3.8, 4) is 0 Å². The molecule has 1 aromatic rings. The van der Waals surface area contributed by atoms with Crippen molar-refractivity contribution in [3.05, 3.63) is 21.7 Å². The predicted molar refractivity (Wildman–Crippen MR) is 72.1 cm³/mol.